The molecule has 2 aliphatic heterocycles. The molecule has 2 aliphatic rings. The van der Waals surface area contributed by atoms with Gasteiger partial charge in [0.05, 0.1) is 22.7 Å². The first kappa shape index (κ1) is 24.9. The van der Waals surface area contributed by atoms with Gasteiger partial charge in [-0.3, -0.25) is 24.2 Å². The van der Waals surface area contributed by atoms with Gasteiger partial charge >= 0.3 is 0 Å². The molecule has 0 atom stereocenters. The molecular formula is C28H22FN3O3S2. The number of thioether (sulfide) groups is 1. The number of nitrogens with zero attached hydrogens (tertiary/aromatic N) is 2. The number of rotatable bonds is 5. The van der Waals surface area contributed by atoms with Crippen LogP contribution in [0, 0.1) is 19.7 Å². The number of hydrogen-bond donors (Lipinski definition) is 1. The van der Waals surface area contributed by atoms with Gasteiger partial charge in [0.1, 0.15) is 16.7 Å². The van der Waals surface area contributed by atoms with Crippen molar-refractivity contribution in [2.45, 2.75) is 20.4 Å². The van der Waals surface area contributed by atoms with E-state index in [9.17, 15) is 18.8 Å². The summed E-state index contributed by atoms with van der Waals surface area (Å²) in [6, 6.07) is 18.6. The Morgan fingerprint density at radius 2 is 1.59 bits per heavy atom. The minimum Gasteiger partial charge on any atom is -0.324 e. The number of aryl methyl sites for hydroxylation is 2. The number of nitrogens with one attached hydrogen (secondary N) is 1. The number of fused-ring (bicyclic) bond motifs is 1. The Morgan fingerprint density at radius 1 is 0.919 bits per heavy atom. The number of amides is 3. The van der Waals surface area contributed by atoms with Crippen molar-refractivity contribution in [1.29, 1.82) is 0 Å². The van der Waals surface area contributed by atoms with Gasteiger partial charge in [-0.25, -0.2) is 4.39 Å². The molecule has 3 aromatic rings. The second-order valence-corrected chi connectivity index (χ2v) is 10.5. The monoisotopic (exact) mass is 531 g/mol. The van der Waals surface area contributed by atoms with Gasteiger partial charge in [0.15, 0.2) is 0 Å². The lowest BCUT2D eigenvalue weighted by Gasteiger charge is -2.18. The van der Waals surface area contributed by atoms with E-state index in [1.54, 1.807) is 36.4 Å². The normalized spacial score (nSPS) is 17.0. The van der Waals surface area contributed by atoms with Gasteiger partial charge in [-0.1, -0.05) is 72.5 Å². The van der Waals surface area contributed by atoms with Crippen molar-refractivity contribution < 1.29 is 18.8 Å². The smallest absolute Gasteiger partial charge is 0.267 e. The first-order valence-corrected chi connectivity index (χ1v) is 12.8. The van der Waals surface area contributed by atoms with Crippen LogP contribution in [0.25, 0.3) is 5.57 Å². The number of hydrogen-bond acceptors (Lipinski definition) is 5. The van der Waals surface area contributed by atoms with Crippen LogP contribution in [0.3, 0.4) is 0 Å². The molecule has 0 aliphatic carbocycles. The Balaban J connectivity index is 1.43. The number of para-hydroxylation sites is 2. The highest BCUT2D eigenvalue weighted by Crippen LogP contribution is 2.44. The average molecular weight is 532 g/mol. The van der Waals surface area contributed by atoms with E-state index in [2.05, 4.69) is 5.32 Å². The van der Waals surface area contributed by atoms with Crippen LogP contribution in [0.1, 0.15) is 22.3 Å². The summed E-state index contributed by atoms with van der Waals surface area (Å²) in [5, 5.41) is 2.92. The Hall–Kier alpha value is -3.82. The molecule has 1 saturated heterocycles. The lowest BCUT2D eigenvalue weighted by molar-refractivity contribution is -0.122. The molecule has 186 valence electrons. The summed E-state index contributed by atoms with van der Waals surface area (Å²) in [6.07, 6.45) is 0. The molecular weight excluding hydrogens is 509 g/mol. The molecule has 0 radical (unpaired) electrons. The largest absolute Gasteiger partial charge is 0.324 e. The summed E-state index contributed by atoms with van der Waals surface area (Å²) in [6.45, 7) is 3.78. The van der Waals surface area contributed by atoms with Crippen LogP contribution in [0.4, 0.5) is 15.8 Å². The quantitative estimate of drug-likeness (QED) is 0.362. The lowest BCUT2D eigenvalue weighted by Crippen LogP contribution is -2.36. The maximum absolute atomic E-state index is 13.6. The molecule has 0 spiro atoms. The Kier molecular flexibility index (Phi) is 6.66. The average Bonchev–Trinajstić information content (AvgIpc) is 3.30. The first-order chi connectivity index (χ1) is 17.7. The van der Waals surface area contributed by atoms with Gasteiger partial charge in [0.25, 0.3) is 11.8 Å². The summed E-state index contributed by atoms with van der Waals surface area (Å²) in [7, 11) is 0. The molecule has 0 aromatic heterocycles. The fourth-order valence-electron chi connectivity index (χ4n) is 4.45. The second-order valence-electron chi connectivity index (χ2n) is 8.81. The number of carbonyl (C=O) groups is 3. The molecule has 5 rings (SSSR count). The molecule has 1 fully saturated rings. The number of anilines is 2. The van der Waals surface area contributed by atoms with Gasteiger partial charge < -0.3 is 5.32 Å². The Labute approximate surface area is 223 Å². The SMILES string of the molecule is Cc1cccc(C)c1NC(=O)CN1C(=O)C(=C2SC(=S)N(Cc3ccc(F)cc3)C2=O)c2ccccc21. The highest BCUT2D eigenvalue weighted by Gasteiger charge is 2.42. The number of thiocarbonyl (C=S) groups is 1. The van der Waals surface area contributed by atoms with Crippen molar-refractivity contribution in [3.8, 4) is 0 Å². The van der Waals surface area contributed by atoms with Gasteiger partial charge in [-0.2, -0.15) is 0 Å². The van der Waals surface area contributed by atoms with Crippen LogP contribution >= 0.6 is 24.0 Å². The molecule has 3 aromatic carbocycles. The number of carbonyl (C=O) groups excluding carboxylic acids is 3. The van der Waals surface area contributed by atoms with Gasteiger partial charge in [0.2, 0.25) is 5.91 Å². The van der Waals surface area contributed by atoms with E-state index in [0.717, 1.165) is 22.9 Å². The molecule has 37 heavy (non-hydrogen) atoms. The van der Waals surface area contributed by atoms with E-state index in [-0.39, 0.29) is 41.2 Å². The van der Waals surface area contributed by atoms with Crippen LogP contribution in [-0.4, -0.2) is 33.5 Å². The van der Waals surface area contributed by atoms with Crippen LogP contribution in [0.15, 0.2) is 71.6 Å². The third-order valence-corrected chi connectivity index (χ3v) is 7.75. The van der Waals surface area contributed by atoms with E-state index < -0.39 is 5.91 Å². The summed E-state index contributed by atoms with van der Waals surface area (Å²) < 4.78 is 13.6. The van der Waals surface area contributed by atoms with Crippen LogP contribution in [0.2, 0.25) is 0 Å². The Morgan fingerprint density at radius 3 is 2.30 bits per heavy atom. The highest BCUT2D eigenvalue weighted by atomic mass is 32.2. The Bertz CT molecular complexity index is 1480. The van der Waals surface area contributed by atoms with Gasteiger partial charge in [-0.15, -0.1) is 0 Å². The predicted octanol–water partition coefficient (Wildman–Crippen LogP) is 5.20. The fraction of sp³-hybridized carbons (Fsp3) is 0.143. The van der Waals surface area contributed by atoms with Crippen molar-refractivity contribution >= 4 is 63.0 Å². The van der Waals surface area contributed by atoms with Gasteiger partial charge in [0, 0.05) is 11.3 Å². The zero-order valence-electron chi connectivity index (χ0n) is 20.1. The fourth-order valence-corrected chi connectivity index (χ4v) is 5.78. The van der Waals surface area contributed by atoms with Crippen LogP contribution in [0.5, 0.6) is 0 Å². The molecule has 0 unspecified atom stereocenters. The zero-order valence-corrected chi connectivity index (χ0v) is 21.7. The van der Waals surface area contributed by atoms with Crippen molar-refractivity contribution in [3.63, 3.8) is 0 Å². The first-order valence-electron chi connectivity index (χ1n) is 11.5. The van der Waals surface area contributed by atoms with Crippen molar-refractivity contribution in [3.05, 3.63) is 99.7 Å². The molecule has 2 heterocycles. The lowest BCUT2D eigenvalue weighted by atomic mass is 10.1. The zero-order chi connectivity index (χ0) is 26.3. The predicted molar refractivity (Wildman–Crippen MR) is 147 cm³/mol. The maximum atomic E-state index is 13.6. The third kappa shape index (κ3) is 4.68. The van der Waals surface area contributed by atoms with E-state index in [1.165, 1.54) is 21.9 Å². The van der Waals surface area contributed by atoms with Crippen molar-refractivity contribution in [2.24, 2.45) is 0 Å². The number of halogens is 1. The van der Waals surface area contributed by atoms with Crippen LogP contribution < -0.4 is 10.2 Å². The maximum Gasteiger partial charge on any atom is 0.267 e. The van der Waals surface area contributed by atoms with Crippen LogP contribution in [-0.2, 0) is 20.9 Å². The summed E-state index contributed by atoms with van der Waals surface area (Å²) >= 11 is 6.52. The van der Waals surface area contributed by atoms with E-state index in [0.29, 0.717) is 26.8 Å². The minimum absolute atomic E-state index is 0.166. The van der Waals surface area contributed by atoms with Crippen molar-refractivity contribution in [1.82, 2.24) is 4.90 Å². The summed E-state index contributed by atoms with van der Waals surface area (Å²) in [4.78, 5) is 43.1. The van der Waals surface area contributed by atoms with E-state index in [4.69, 9.17) is 12.2 Å². The van der Waals surface area contributed by atoms with Gasteiger partial charge in [-0.05, 0) is 48.7 Å². The molecule has 1 N–H and O–H groups in total. The van der Waals surface area contributed by atoms with E-state index in [1.807, 2.05) is 32.0 Å². The summed E-state index contributed by atoms with van der Waals surface area (Å²) in [5.41, 5.74) is 4.65. The summed E-state index contributed by atoms with van der Waals surface area (Å²) in [5.74, 6) is -1.53. The standard InChI is InChI=1S/C28H22FN3O3S2/c1-16-6-5-7-17(2)24(16)30-22(33)15-31-21-9-4-3-8-20(21)23(26(31)34)25-27(35)32(28(36)37-25)14-18-10-12-19(29)13-11-18/h3-13H,14-15H2,1-2H3,(H,30,33). The molecule has 0 saturated carbocycles. The molecule has 9 heteroatoms. The second kappa shape index (κ2) is 9.91. The third-order valence-electron chi connectivity index (χ3n) is 6.30. The minimum atomic E-state index is -0.430. The number of benzene rings is 3. The molecule has 3 amide bonds. The highest BCUT2D eigenvalue weighted by molar-refractivity contribution is 8.26. The molecule has 0 bridgehead atoms. The van der Waals surface area contributed by atoms with E-state index >= 15 is 0 Å². The topological polar surface area (TPSA) is 69.7 Å². The molecule has 6 nitrogen and oxygen atoms in total. The van der Waals surface area contributed by atoms with Crippen molar-refractivity contribution in [2.75, 3.05) is 16.8 Å².